The van der Waals surface area contributed by atoms with Crippen molar-refractivity contribution in [3.8, 4) is 0 Å². The van der Waals surface area contributed by atoms with Gasteiger partial charge in [0.15, 0.2) is 8.32 Å². The third-order valence-electron chi connectivity index (χ3n) is 10.8. The Morgan fingerprint density at radius 2 is 1.89 bits per heavy atom. The summed E-state index contributed by atoms with van der Waals surface area (Å²) in [6.07, 6.45) is 7.66. The Balaban J connectivity index is 1.93. The molecule has 0 bridgehead atoms. The standard InChI is InChI=1S/C28H49IN4O2Si/c1-20-9-10-24-23(18-31-33-30)25(12-14-27(20,24)5)28(6)13-11-22(32-34-16-15-29)17-21(28)19-35-36(7,8)26(2,3)4/h21,23-25H,1,9-19H2,2-8H3/b32-22+/t21-,23+,24+,25+,27-,28+/m1/s1. The lowest BCUT2D eigenvalue weighted by Crippen LogP contribution is -2.52. The highest BCUT2D eigenvalue weighted by Crippen LogP contribution is 2.63. The Hall–Kier alpha value is -0.573. The van der Waals surface area contributed by atoms with E-state index in [1.165, 1.54) is 30.5 Å². The highest BCUT2D eigenvalue weighted by molar-refractivity contribution is 14.1. The molecule has 6 nitrogen and oxygen atoms in total. The number of hydrogen-bond donors (Lipinski definition) is 0. The highest BCUT2D eigenvalue weighted by Gasteiger charge is 2.56. The van der Waals surface area contributed by atoms with Gasteiger partial charge in [-0.1, -0.05) is 79.6 Å². The molecule has 0 aliphatic heterocycles. The van der Waals surface area contributed by atoms with Crippen LogP contribution in [0.4, 0.5) is 0 Å². The number of hydrogen-bond acceptors (Lipinski definition) is 4. The fraction of sp³-hybridized carbons (Fsp3) is 0.893. The van der Waals surface area contributed by atoms with E-state index >= 15 is 0 Å². The molecule has 0 N–H and O–H groups in total. The van der Waals surface area contributed by atoms with E-state index in [4.69, 9.17) is 9.26 Å². The molecule has 3 saturated carbocycles. The van der Waals surface area contributed by atoms with Crippen LogP contribution in [0, 0.1) is 34.5 Å². The maximum atomic E-state index is 9.25. The van der Waals surface area contributed by atoms with Crippen LogP contribution in [-0.2, 0) is 9.26 Å². The van der Waals surface area contributed by atoms with Gasteiger partial charge in [-0.15, -0.1) is 0 Å². The van der Waals surface area contributed by atoms with Gasteiger partial charge in [0.05, 0.1) is 5.71 Å². The van der Waals surface area contributed by atoms with Crippen LogP contribution in [0.3, 0.4) is 0 Å². The largest absolute Gasteiger partial charge is 0.417 e. The normalized spacial score (nSPS) is 36.4. The molecule has 0 spiro atoms. The fourth-order valence-corrected chi connectivity index (χ4v) is 8.40. The van der Waals surface area contributed by atoms with Gasteiger partial charge in [0.2, 0.25) is 0 Å². The average molecular weight is 629 g/mol. The summed E-state index contributed by atoms with van der Waals surface area (Å²) in [5, 5.41) is 8.92. The summed E-state index contributed by atoms with van der Waals surface area (Å²) >= 11 is 2.33. The number of fused-ring (bicyclic) bond motifs is 1. The second kappa shape index (κ2) is 11.7. The molecule has 0 unspecified atom stereocenters. The molecule has 0 radical (unpaired) electrons. The summed E-state index contributed by atoms with van der Waals surface area (Å²) < 4.78 is 7.82. The average Bonchev–Trinajstić information content (AvgIpc) is 3.11. The zero-order valence-corrected chi connectivity index (χ0v) is 26.9. The van der Waals surface area contributed by atoms with Crippen molar-refractivity contribution < 1.29 is 9.26 Å². The molecule has 0 aromatic carbocycles. The van der Waals surface area contributed by atoms with E-state index in [1.807, 2.05) is 0 Å². The van der Waals surface area contributed by atoms with Gasteiger partial charge in [0, 0.05) is 22.5 Å². The molecule has 3 aliphatic carbocycles. The Kier molecular flexibility index (Phi) is 9.71. The molecular weight excluding hydrogens is 579 g/mol. The molecule has 0 saturated heterocycles. The Bertz CT molecular complexity index is 881. The minimum Gasteiger partial charge on any atom is -0.417 e. The summed E-state index contributed by atoms with van der Waals surface area (Å²) in [6, 6.07) is 0. The molecule has 36 heavy (non-hydrogen) atoms. The molecule has 204 valence electrons. The summed E-state index contributed by atoms with van der Waals surface area (Å²) in [7, 11) is -1.88. The number of oxime groups is 1. The van der Waals surface area contributed by atoms with Gasteiger partial charge in [0.25, 0.3) is 0 Å². The lowest BCUT2D eigenvalue weighted by Gasteiger charge is -2.56. The maximum absolute atomic E-state index is 9.25. The van der Waals surface area contributed by atoms with Crippen LogP contribution in [0.15, 0.2) is 22.4 Å². The topological polar surface area (TPSA) is 79.6 Å². The minimum atomic E-state index is -1.88. The lowest BCUT2D eigenvalue weighted by atomic mass is 9.49. The van der Waals surface area contributed by atoms with Gasteiger partial charge in [-0.3, -0.25) is 0 Å². The highest BCUT2D eigenvalue weighted by atomic mass is 127. The van der Waals surface area contributed by atoms with Crippen molar-refractivity contribution in [1.29, 1.82) is 0 Å². The lowest BCUT2D eigenvalue weighted by molar-refractivity contribution is -0.0548. The summed E-state index contributed by atoms with van der Waals surface area (Å²) in [5.41, 5.74) is 12.1. The van der Waals surface area contributed by atoms with E-state index in [0.29, 0.717) is 36.8 Å². The third kappa shape index (κ3) is 6.02. The predicted octanol–water partition coefficient (Wildman–Crippen LogP) is 8.93. The first kappa shape index (κ1) is 30.0. The van der Waals surface area contributed by atoms with Crippen molar-refractivity contribution in [3.63, 3.8) is 0 Å². The zero-order valence-electron chi connectivity index (χ0n) is 23.8. The zero-order chi connectivity index (χ0) is 26.8. The minimum absolute atomic E-state index is 0.117. The second-order valence-electron chi connectivity index (χ2n) is 13.5. The van der Waals surface area contributed by atoms with Gasteiger partial charge in [-0.25, -0.2) is 0 Å². The van der Waals surface area contributed by atoms with Crippen molar-refractivity contribution in [2.75, 3.05) is 24.2 Å². The number of allylic oxidation sites excluding steroid dienone is 1. The fourth-order valence-electron chi connectivity index (χ4n) is 7.15. The smallest absolute Gasteiger partial charge is 0.191 e. The molecule has 3 aliphatic rings. The van der Waals surface area contributed by atoms with Gasteiger partial charge in [-0.05, 0) is 103 Å². The molecule has 0 amide bonds. The number of alkyl halides is 1. The van der Waals surface area contributed by atoms with Gasteiger partial charge >= 0.3 is 0 Å². The van der Waals surface area contributed by atoms with Crippen molar-refractivity contribution in [2.24, 2.45) is 44.8 Å². The maximum Gasteiger partial charge on any atom is 0.191 e. The summed E-state index contributed by atoms with van der Waals surface area (Å²) in [6.45, 7) is 23.1. The Morgan fingerprint density at radius 1 is 1.17 bits per heavy atom. The second-order valence-corrected chi connectivity index (χ2v) is 19.4. The van der Waals surface area contributed by atoms with Crippen molar-refractivity contribution >= 4 is 36.6 Å². The van der Waals surface area contributed by atoms with Crippen LogP contribution in [0.5, 0.6) is 0 Å². The number of rotatable bonds is 9. The quantitative estimate of drug-likeness (QED) is 0.0294. The first-order chi connectivity index (χ1) is 16.8. The number of nitrogens with zero attached hydrogens (tertiary/aromatic N) is 4. The monoisotopic (exact) mass is 628 g/mol. The number of halogens is 1. The van der Waals surface area contributed by atoms with E-state index < -0.39 is 8.32 Å². The first-order valence-corrected chi connectivity index (χ1v) is 18.3. The van der Waals surface area contributed by atoms with Crippen LogP contribution in [0.1, 0.15) is 79.6 Å². The predicted molar refractivity (Wildman–Crippen MR) is 161 cm³/mol. The van der Waals surface area contributed by atoms with E-state index in [-0.39, 0.29) is 15.9 Å². The molecule has 8 heteroatoms. The van der Waals surface area contributed by atoms with Crippen molar-refractivity contribution in [2.45, 2.75) is 97.7 Å². The molecule has 0 aromatic heterocycles. The molecule has 6 atom stereocenters. The van der Waals surface area contributed by atoms with E-state index in [0.717, 1.165) is 36.7 Å². The molecule has 3 fully saturated rings. The molecular formula is C28H49IN4O2Si. The van der Waals surface area contributed by atoms with E-state index in [2.05, 4.69) is 92.1 Å². The Labute approximate surface area is 234 Å². The van der Waals surface area contributed by atoms with Gasteiger partial charge < -0.3 is 9.26 Å². The molecule has 0 heterocycles. The molecule has 3 rings (SSSR count). The van der Waals surface area contributed by atoms with Crippen molar-refractivity contribution in [1.82, 2.24) is 0 Å². The van der Waals surface area contributed by atoms with E-state index in [1.54, 1.807) is 0 Å². The van der Waals surface area contributed by atoms with Crippen molar-refractivity contribution in [3.05, 3.63) is 22.6 Å². The third-order valence-corrected chi connectivity index (χ3v) is 15.7. The van der Waals surface area contributed by atoms with Gasteiger partial charge in [-0.2, -0.15) is 0 Å². The van der Waals surface area contributed by atoms with Crippen LogP contribution < -0.4 is 0 Å². The van der Waals surface area contributed by atoms with Crippen LogP contribution in [0.25, 0.3) is 10.4 Å². The van der Waals surface area contributed by atoms with Crippen LogP contribution in [-0.4, -0.2) is 38.2 Å². The van der Waals surface area contributed by atoms with Crippen LogP contribution in [0.2, 0.25) is 18.1 Å². The first-order valence-electron chi connectivity index (χ1n) is 13.9. The van der Waals surface area contributed by atoms with Crippen LogP contribution >= 0.6 is 22.6 Å². The summed E-state index contributed by atoms with van der Waals surface area (Å²) in [4.78, 5) is 8.83. The van der Waals surface area contributed by atoms with E-state index in [9.17, 15) is 5.53 Å². The Morgan fingerprint density at radius 3 is 2.53 bits per heavy atom. The van der Waals surface area contributed by atoms with Gasteiger partial charge in [0.1, 0.15) is 6.61 Å². The number of azide groups is 1. The summed E-state index contributed by atoms with van der Waals surface area (Å²) in [5.74, 6) is 1.84. The SMILES string of the molecule is C=C1CC[C@H]2[C@H](CN=[N+]=[N-])[C@@H]([C@@]3(C)CC/C(=N\OCCI)C[C@@H]3CO[Si](C)(C)C(C)(C)C)CC[C@]12C. The molecule has 0 aromatic rings.